The molecule has 0 atom stereocenters. The Hall–Kier alpha value is -2.94. The van der Waals surface area contributed by atoms with E-state index in [4.69, 9.17) is 0 Å². The van der Waals surface area contributed by atoms with Gasteiger partial charge in [-0.2, -0.15) is 0 Å². The molecule has 1 saturated heterocycles. The molecule has 1 aliphatic heterocycles. The van der Waals surface area contributed by atoms with Crippen LogP contribution in [0.3, 0.4) is 0 Å². The van der Waals surface area contributed by atoms with Gasteiger partial charge in [-0.15, -0.1) is 11.3 Å². The Bertz CT molecular complexity index is 909. The number of urea groups is 1. The van der Waals surface area contributed by atoms with E-state index in [1.807, 2.05) is 40.6 Å². The fourth-order valence-electron chi connectivity index (χ4n) is 3.55. The molecular weight excluding hydrogens is 426 g/mol. The van der Waals surface area contributed by atoms with Gasteiger partial charge in [0.05, 0.1) is 12.1 Å². The zero-order valence-corrected chi connectivity index (χ0v) is 19.6. The fraction of sp³-hybridized carbons (Fsp3) is 0.478. The first-order chi connectivity index (χ1) is 15.5. The SMILES string of the molecule is CCCCN(Cc1ccccc1)C(=O)Cc1csc(NC(=O)N2CCN(C(C)=O)CC2)n1. The van der Waals surface area contributed by atoms with Crippen molar-refractivity contribution in [1.29, 1.82) is 0 Å². The van der Waals surface area contributed by atoms with Crippen LogP contribution < -0.4 is 5.32 Å². The van der Waals surface area contributed by atoms with E-state index >= 15 is 0 Å². The van der Waals surface area contributed by atoms with Crippen molar-refractivity contribution in [2.24, 2.45) is 0 Å². The van der Waals surface area contributed by atoms with Gasteiger partial charge in [-0.05, 0) is 12.0 Å². The summed E-state index contributed by atoms with van der Waals surface area (Å²) in [5, 5.41) is 5.12. The van der Waals surface area contributed by atoms with Gasteiger partial charge in [0, 0.05) is 51.6 Å². The van der Waals surface area contributed by atoms with Crippen LogP contribution in [0.2, 0.25) is 0 Å². The lowest BCUT2D eigenvalue weighted by atomic mass is 10.2. The number of hydrogen-bond donors (Lipinski definition) is 1. The van der Waals surface area contributed by atoms with Gasteiger partial charge in [0.15, 0.2) is 5.13 Å². The molecule has 8 nitrogen and oxygen atoms in total. The summed E-state index contributed by atoms with van der Waals surface area (Å²) in [6.45, 7) is 7.01. The minimum atomic E-state index is -0.228. The molecule has 4 amide bonds. The Kier molecular flexibility index (Phi) is 8.61. The highest BCUT2D eigenvalue weighted by Gasteiger charge is 2.23. The largest absolute Gasteiger partial charge is 0.339 e. The number of aromatic nitrogens is 1. The van der Waals surface area contributed by atoms with Crippen molar-refractivity contribution in [1.82, 2.24) is 19.7 Å². The minimum Gasteiger partial charge on any atom is -0.339 e. The molecular formula is C23H31N5O3S. The lowest BCUT2D eigenvalue weighted by Gasteiger charge is -2.33. The van der Waals surface area contributed by atoms with Gasteiger partial charge in [0.2, 0.25) is 11.8 Å². The Balaban J connectivity index is 1.54. The number of piperazine rings is 1. The zero-order chi connectivity index (χ0) is 22.9. The van der Waals surface area contributed by atoms with Crippen LogP contribution in [0.15, 0.2) is 35.7 Å². The Labute approximate surface area is 193 Å². The van der Waals surface area contributed by atoms with Gasteiger partial charge < -0.3 is 14.7 Å². The molecule has 1 aromatic carbocycles. The third-order valence-electron chi connectivity index (χ3n) is 5.46. The number of unbranched alkanes of at least 4 members (excludes halogenated alkanes) is 1. The van der Waals surface area contributed by atoms with Crippen molar-refractivity contribution in [3.63, 3.8) is 0 Å². The summed E-state index contributed by atoms with van der Waals surface area (Å²) >= 11 is 1.32. The predicted molar refractivity (Wildman–Crippen MR) is 125 cm³/mol. The van der Waals surface area contributed by atoms with Gasteiger partial charge in [-0.25, -0.2) is 9.78 Å². The van der Waals surface area contributed by atoms with E-state index in [1.165, 1.54) is 18.3 Å². The summed E-state index contributed by atoms with van der Waals surface area (Å²) in [5.41, 5.74) is 1.76. The van der Waals surface area contributed by atoms with Crippen LogP contribution in [0.4, 0.5) is 9.93 Å². The van der Waals surface area contributed by atoms with Crippen LogP contribution in [-0.4, -0.2) is 70.3 Å². The van der Waals surface area contributed by atoms with Crippen molar-refractivity contribution in [2.75, 3.05) is 38.0 Å². The second-order valence-electron chi connectivity index (χ2n) is 7.90. The Morgan fingerprint density at radius 2 is 1.78 bits per heavy atom. The number of rotatable bonds is 8. The van der Waals surface area contributed by atoms with Crippen molar-refractivity contribution < 1.29 is 14.4 Å². The van der Waals surface area contributed by atoms with Gasteiger partial charge in [0.1, 0.15) is 0 Å². The zero-order valence-electron chi connectivity index (χ0n) is 18.7. The predicted octanol–water partition coefficient (Wildman–Crippen LogP) is 3.21. The van der Waals surface area contributed by atoms with Crippen LogP contribution >= 0.6 is 11.3 Å². The third kappa shape index (κ3) is 6.78. The first kappa shape index (κ1) is 23.7. The molecule has 32 heavy (non-hydrogen) atoms. The average molecular weight is 458 g/mol. The molecule has 1 N–H and O–H groups in total. The Morgan fingerprint density at radius 3 is 2.44 bits per heavy atom. The highest BCUT2D eigenvalue weighted by molar-refractivity contribution is 7.13. The molecule has 2 heterocycles. The van der Waals surface area contributed by atoms with Crippen LogP contribution in [-0.2, 0) is 22.6 Å². The molecule has 1 aromatic heterocycles. The number of amides is 4. The maximum atomic E-state index is 13.0. The monoisotopic (exact) mass is 457 g/mol. The summed E-state index contributed by atoms with van der Waals surface area (Å²) in [5.74, 6) is 0.0605. The second kappa shape index (κ2) is 11.6. The number of nitrogens with one attached hydrogen (secondary N) is 1. The first-order valence-electron chi connectivity index (χ1n) is 11.0. The lowest BCUT2D eigenvalue weighted by molar-refractivity contribution is -0.131. The number of thiazole rings is 1. The number of carbonyl (C=O) groups is 3. The summed E-state index contributed by atoms with van der Waals surface area (Å²) in [4.78, 5) is 46.6. The van der Waals surface area contributed by atoms with Crippen molar-refractivity contribution in [2.45, 2.75) is 39.7 Å². The number of carbonyl (C=O) groups excluding carboxylic acids is 3. The number of anilines is 1. The number of benzene rings is 1. The molecule has 3 rings (SSSR count). The molecule has 9 heteroatoms. The molecule has 0 spiro atoms. The van der Waals surface area contributed by atoms with E-state index in [1.54, 1.807) is 9.80 Å². The Morgan fingerprint density at radius 1 is 1.09 bits per heavy atom. The number of hydrogen-bond acceptors (Lipinski definition) is 5. The smallest absolute Gasteiger partial charge is 0.323 e. The summed E-state index contributed by atoms with van der Waals surface area (Å²) in [6, 6.07) is 9.75. The molecule has 172 valence electrons. The van der Waals surface area contributed by atoms with E-state index in [9.17, 15) is 14.4 Å². The van der Waals surface area contributed by atoms with Gasteiger partial charge in [-0.3, -0.25) is 14.9 Å². The van der Waals surface area contributed by atoms with E-state index in [-0.39, 0.29) is 24.3 Å². The summed E-state index contributed by atoms with van der Waals surface area (Å²) < 4.78 is 0. The molecule has 2 aromatic rings. The normalized spacial score (nSPS) is 13.7. The van der Waals surface area contributed by atoms with Crippen molar-refractivity contribution >= 4 is 34.3 Å². The standard InChI is InChI=1S/C23H31N5O3S/c1-3-4-10-28(16-19-8-6-5-7-9-19)21(30)15-20-17-32-22(24-20)25-23(31)27-13-11-26(12-14-27)18(2)29/h5-9,17H,3-4,10-16H2,1-2H3,(H,24,25,31). The van der Waals surface area contributed by atoms with Crippen LogP contribution in [0.1, 0.15) is 37.9 Å². The minimum absolute atomic E-state index is 0.0273. The molecule has 0 saturated carbocycles. The molecule has 1 aliphatic rings. The van der Waals surface area contributed by atoms with E-state index in [2.05, 4.69) is 17.2 Å². The quantitative estimate of drug-likeness (QED) is 0.660. The average Bonchev–Trinajstić information content (AvgIpc) is 3.23. The molecule has 0 aliphatic carbocycles. The molecule has 0 radical (unpaired) electrons. The molecule has 1 fully saturated rings. The van der Waals surface area contributed by atoms with Crippen LogP contribution in [0, 0.1) is 0 Å². The first-order valence-corrected chi connectivity index (χ1v) is 11.9. The topological polar surface area (TPSA) is 85.9 Å². The lowest BCUT2D eigenvalue weighted by Crippen LogP contribution is -2.51. The summed E-state index contributed by atoms with van der Waals surface area (Å²) in [6.07, 6.45) is 2.18. The van der Waals surface area contributed by atoms with Gasteiger partial charge in [-0.1, -0.05) is 43.7 Å². The van der Waals surface area contributed by atoms with Crippen LogP contribution in [0.25, 0.3) is 0 Å². The third-order valence-corrected chi connectivity index (χ3v) is 6.27. The van der Waals surface area contributed by atoms with E-state index in [0.717, 1.165) is 18.4 Å². The van der Waals surface area contributed by atoms with Gasteiger partial charge in [0.25, 0.3) is 0 Å². The van der Waals surface area contributed by atoms with Crippen molar-refractivity contribution in [3.8, 4) is 0 Å². The van der Waals surface area contributed by atoms with Crippen LogP contribution in [0.5, 0.6) is 0 Å². The fourth-order valence-corrected chi connectivity index (χ4v) is 4.25. The van der Waals surface area contributed by atoms with E-state index < -0.39 is 0 Å². The number of nitrogens with zero attached hydrogens (tertiary/aromatic N) is 4. The molecule has 0 bridgehead atoms. The molecule has 0 unspecified atom stereocenters. The summed E-state index contributed by atoms with van der Waals surface area (Å²) in [7, 11) is 0. The maximum Gasteiger partial charge on any atom is 0.323 e. The van der Waals surface area contributed by atoms with E-state index in [0.29, 0.717) is 50.1 Å². The maximum absolute atomic E-state index is 13.0. The highest BCUT2D eigenvalue weighted by atomic mass is 32.1. The highest BCUT2D eigenvalue weighted by Crippen LogP contribution is 2.18. The van der Waals surface area contributed by atoms with Gasteiger partial charge >= 0.3 is 6.03 Å². The van der Waals surface area contributed by atoms with Crippen molar-refractivity contribution in [3.05, 3.63) is 47.0 Å². The second-order valence-corrected chi connectivity index (χ2v) is 8.76.